The highest BCUT2D eigenvalue weighted by atomic mass is 19.1. The van der Waals surface area contributed by atoms with Crippen molar-refractivity contribution in [2.45, 2.75) is 45.7 Å². The number of Topliss-reactive ketones (excluding diaryl/α,β-unsaturated/α-hetero) is 2. The van der Waals surface area contributed by atoms with Gasteiger partial charge in [0.15, 0.2) is 17.4 Å². The van der Waals surface area contributed by atoms with Crippen LogP contribution in [-0.4, -0.2) is 49.6 Å². The normalized spacial score (nSPS) is 12.6. The fourth-order valence-corrected chi connectivity index (χ4v) is 3.96. The molecule has 3 aromatic rings. The third kappa shape index (κ3) is 6.81. The van der Waals surface area contributed by atoms with Crippen LogP contribution in [0.1, 0.15) is 64.7 Å². The van der Waals surface area contributed by atoms with Crippen LogP contribution >= 0.6 is 0 Å². The van der Waals surface area contributed by atoms with E-state index in [2.05, 4.69) is 20.6 Å². The lowest BCUT2D eigenvalue weighted by molar-refractivity contribution is -0.123. The summed E-state index contributed by atoms with van der Waals surface area (Å²) in [5.74, 6) is -4.61. The van der Waals surface area contributed by atoms with E-state index in [1.54, 1.807) is 44.2 Å². The van der Waals surface area contributed by atoms with E-state index in [-0.39, 0.29) is 35.0 Å². The quantitative estimate of drug-likeness (QED) is 0.146. The number of benzene rings is 1. The lowest BCUT2D eigenvalue weighted by atomic mass is 9.93. The molecule has 0 fully saturated rings. The van der Waals surface area contributed by atoms with Gasteiger partial charge in [0.1, 0.15) is 5.69 Å². The largest absolute Gasteiger partial charge is 0.494 e. The van der Waals surface area contributed by atoms with E-state index in [1.807, 2.05) is 0 Å². The summed E-state index contributed by atoms with van der Waals surface area (Å²) in [6.07, 6.45) is -0.869. The van der Waals surface area contributed by atoms with Gasteiger partial charge in [-0.1, -0.05) is 50.2 Å². The second-order valence-electron chi connectivity index (χ2n) is 9.16. The number of aromatic amines is 1. The molecule has 10 nitrogen and oxygen atoms in total. The van der Waals surface area contributed by atoms with E-state index >= 15 is 0 Å². The fourth-order valence-electron chi connectivity index (χ4n) is 3.96. The van der Waals surface area contributed by atoms with Crippen LogP contribution in [0.25, 0.3) is 0 Å². The molecule has 0 aliphatic rings. The van der Waals surface area contributed by atoms with Crippen molar-refractivity contribution in [1.82, 2.24) is 20.6 Å². The number of carbonyl (C=O) groups is 4. The van der Waals surface area contributed by atoms with Crippen LogP contribution in [-0.2, 0) is 9.59 Å². The molecule has 1 aromatic carbocycles. The molecule has 0 aliphatic carbocycles. The van der Waals surface area contributed by atoms with Gasteiger partial charge in [-0.2, -0.15) is 4.39 Å². The van der Waals surface area contributed by atoms with Crippen LogP contribution in [0.15, 0.2) is 48.5 Å². The maximum absolute atomic E-state index is 13.4. The summed E-state index contributed by atoms with van der Waals surface area (Å²) in [4.78, 5) is 57.1. The number of hydrogen-bond acceptors (Lipinski definition) is 7. The molecule has 0 saturated carbocycles. The number of hydrogen-bond donors (Lipinski definition) is 5. The number of nitrogens with one attached hydrogen (secondary N) is 3. The highest BCUT2D eigenvalue weighted by Crippen LogP contribution is 2.30. The van der Waals surface area contributed by atoms with E-state index in [0.717, 1.165) is 6.07 Å². The Kier molecular flexibility index (Phi) is 8.95. The maximum Gasteiger partial charge on any atom is 0.228 e. The molecule has 0 spiro atoms. The van der Waals surface area contributed by atoms with Crippen molar-refractivity contribution in [3.05, 3.63) is 76.9 Å². The van der Waals surface area contributed by atoms with E-state index in [9.17, 15) is 33.8 Å². The van der Waals surface area contributed by atoms with Crippen molar-refractivity contribution in [3.63, 3.8) is 0 Å². The minimum atomic E-state index is -1.03. The van der Waals surface area contributed by atoms with E-state index < -0.39 is 53.7 Å². The average Bonchev–Trinajstić information content (AvgIpc) is 3.12. The number of aromatic nitrogens is 2. The van der Waals surface area contributed by atoms with Gasteiger partial charge in [0.2, 0.25) is 23.6 Å². The summed E-state index contributed by atoms with van der Waals surface area (Å²) in [5.41, 5.74) is 0.420. The van der Waals surface area contributed by atoms with Crippen LogP contribution < -0.4 is 10.6 Å². The number of amides is 2. The van der Waals surface area contributed by atoms with Gasteiger partial charge in [-0.15, -0.1) is 0 Å². The summed E-state index contributed by atoms with van der Waals surface area (Å²) in [5, 5.41) is 25.2. The van der Waals surface area contributed by atoms with Gasteiger partial charge in [0.05, 0.1) is 30.5 Å². The summed E-state index contributed by atoms with van der Waals surface area (Å²) < 4.78 is 13.4. The minimum Gasteiger partial charge on any atom is -0.494 e. The van der Waals surface area contributed by atoms with Crippen molar-refractivity contribution in [2.75, 3.05) is 0 Å². The molecule has 5 N–H and O–H groups in total. The number of pyridine rings is 1. The first-order valence-electron chi connectivity index (χ1n) is 11.9. The number of carbonyl (C=O) groups excluding carboxylic acids is 4. The predicted octanol–water partition coefficient (Wildman–Crippen LogP) is 3.11. The molecule has 2 aromatic heterocycles. The molecule has 2 amide bonds. The Morgan fingerprint density at radius 1 is 0.947 bits per heavy atom. The van der Waals surface area contributed by atoms with E-state index in [0.29, 0.717) is 5.56 Å². The number of H-pyrrole nitrogens is 1. The van der Waals surface area contributed by atoms with Crippen molar-refractivity contribution >= 4 is 23.4 Å². The van der Waals surface area contributed by atoms with Gasteiger partial charge in [-0.3, -0.25) is 24.2 Å². The van der Waals surface area contributed by atoms with Crippen LogP contribution in [0.5, 0.6) is 11.8 Å². The highest BCUT2D eigenvalue weighted by molar-refractivity contribution is 6.07. The molecule has 11 heteroatoms. The Labute approximate surface area is 218 Å². The first kappa shape index (κ1) is 28.0. The topological polar surface area (TPSA) is 161 Å². The Bertz CT molecular complexity index is 1340. The van der Waals surface area contributed by atoms with E-state index in [4.69, 9.17) is 0 Å². The summed E-state index contributed by atoms with van der Waals surface area (Å²) in [6.45, 7) is 4.88. The van der Waals surface area contributed by atoms with Crippen LogP contribution in [0.4, 0.5) is 4.39 Å². The van der Waals surface area contributed by atoms with Gasteiger partial charge in [0, 0.05) is 5.56 Å². The number of rotatable bonds is 11. The molecular weight excluding hydrogens is 495 g/mol. The van der Waals surface area contributed by atoms with Crippen molar-refractivity contribution < 1.29 is 33.8 Å². The Balaban J connectivity index is 1.74. The van der Waals surface area contributed by atoms with Crippen molar-refractivity contribution in [1.29, 1.82) is 0 Å². The predicted molar refractivity (Wildman–Crippen MR) is 135 cm³/mol. The lowest BCUT2D eigenvalue weighted by Gasteiger charge is -2.24. The zero-order chi connectivity index (χ0) is 28.0. The molecule has 200 valence electrons. The SMILES string of the molecule is Cc1c(O)[nH]c(O)c1C(=O)[C@@H](NC(=O)C[C@H](NC(=O)CC(=O)c1cccc(F)n1)c1ccccc1)C(C)C. The molecule has 3 rings (SSSR count). The van der Waals surface area contributed by atoms with Gasteiger partial charge in [0.25, 0.3) is 0 Å². The Hall–Kier alpha value is -4.54. The van der Waals surface area contributed by atoms with Crippen molar-refractivity contribution in [2.24, 2.45) is 5.92 Å². The monoisotopic (exact) mass is 524 g/mol. The van der Waals surface area contributed by atoms with Crippen LogP contribution in [0.2, 0.25) is 0 Å². The third-order valence-corrected chi connectivity index (χ3v) is 5.96. The van der Waals surface area contributed by atoms with Crippen LogP contribution in [0.3, 0.4) is 0 Å². The lowest BCUT2D eigenvalue weighted by Crippen LogP contribution is -2.45. The first-order chi connectivity index (χ1) is 18.0. The number of aromatic hydroxyl groups is 2. The summed E-state index contributed by atoms with van der Waals surface area (Å²) >= 11 is 0. The molecular formula is C27H29FN4O6. The molecule has 0 saturated heterocycles. The summed E-state index contributed by atoms with van der Waals surface area (Å²) in [7, 11) is 0. The smallest absolute Gasteiger partial charge is 0.228 e. The molecule has 0 radical (unpaired) electrons. The summed E-state index contributed by atoms with van der Waals surface area (Å²) in [6, 6.07) is 10.4. The minimum absolute atomic E-state index is 0.126. The molecule has 2 atom stereocenters. The van der Waals surface area contributed by atoms with Gasteiger partial charge in [-0.05, 0) is 30.5 Å². The number of ketones is 2. The second kappa shape index (κ2) is 12.1. The Morgan fingerprint density at radius 2 is 1.63 bits per heavy atom. The fraction of sp³-hybridized carbons (Fsp3) is 0.296. The zero-order valence-corrected chi connectivity index (χ0v) is 21.1. The van der Waals surface area contributed by atoms with Gasteiger partial charge >= 0.3 is 0 Å². The highest BCUT2D eigenvalue weighted by Gasteiger charge is 2.31. The average molecular weight is 525 g/mol. The zero-order valence-electron chi connectivity index (χ0n) is 21.1. The molecule has 0 bridgehead atoms. The second-order valence-corrected chi connectivity index (χ2v) is 9.16. The number of nitrogens with zero attached hydrogens (tertiary/aromatic N) is 1. The third-order valence-electron chi connectivity index (χ3n) is 5.96. The molecule has 0 aliphatic heterocycles. The van der Waals surface area contributed by atoms with Crippen molar-refractivity contribution in [3.8, 4) is 11.8 Å². The standard InChI is InChI=1S/C27H29FN4O6/c1-14(2)24(25(36)23-15(3)26(37)32-27(23)38)31-21(34)12-18(16-8-5-4-6-9-16)30-22(35)13-19(33)17-10-7-11-20(28)29-17/h4-11,14,18,24,32,37-38H,12-13H2,1-3H3,(H,30,35)(H,31,34)/t18-,24-/m0/s1. The van der Waals surface area contributed by atoms with Gasteiger partial charge < -0.3 is 20.8 Å². The maximum atomic E-state index is 13.4. The van der Waals surface area contributed by atoms with Gasteiger partial charge in [-0.25, -0.2) is 4.98 Å². The molecule has 38 heavy (non-hydrogen) atoms. The molecule has 2 heterocycles. The number of halogens is 1. The van der Waals surface area contributed by atoms with E-state index in [1.165, 1.54) is 19.1 Å². The molecule has 0 unspecified atom stereocenters. The van der Waals surface area contributed by atoms with Crippen LogP contribution in [0, 0.1) is 18.8 Å². The first-order valence-corrected chi connectivity index (χ1v) is 11.9. The Morgan fingerprint density at radius 3 is 2.21 bits per heavy atom.